The van der Waals surface area contributed by atoms with E-state index in [2.05, 4.69) is 10.1 Å². The molecule has 0 bridgehead atoms. The molecule has 1 saturated heterocycles. The first-order chi connectivity index (χ1) is 12.3. The fourth-order valence-electron chi connectivity index (χ4n) is 2.96. The lowest BCUT2D eigenvalue weighted by atomic mass is 9.98. The van der Waals surface area contributed by atoms with Gasteiger partial charge in [-0.1, -0.05) is 17.3 Å². The maximum absolute atomic E-state index is 13.0. The number of amides is 1. The summed E-state index contributed by atoms with van der Waals surface area (Å²) in [6, 6.07) is 6.22. The van der Waals surface area contributed by atoms with Crippen molar-refractivity contribution in [3.8, 4) is 0 Å². The minimum absolute atomic E-state index is 0.0296. The minimum Gasteiger partial charge on any atom is -0.444 e. The molecular formula is C19H24FN3O3. The quantitative estimate of drug-likeness (QED) is 0.829. The van der Waals surface area contributed by atoms with Gasteiger partial charge in [-0.3, -0.25) is 0 Å². The highest BCUT2D eigenvalue weighted by Gasteiger charge is 2.30. The van der Waals surface area contributed by atoms with Crippen molar-refractivity contribution in [3.05, 3.63) is 47.4 Å². The SMILES string of the molecule is CC(C)(C)OC(=O)N1CCC[C@H](c2noc(Cc3ccc(F)cc3)n2)C1. The minimum atomic E-state index is -0.515. The van der Waals surface area contributed by atoms with Crippen LogP contribution in [0.4, 0.5) is 9.18 Å². The number of likely N-dealkylation sites (tertiary alicyclic amines) is 1. The second-order valence-corrected chi connectivity index (χ2v) is 7.62. The molecule has 0 unspecified atom stereocenters. The summed E-state index contributed by atoms with van der Waals surface area (Å²) >= 11 is 0. The molecule has 1 aliphatic rings. The Morgan fingerprint density at radius 2 is 2.08 bits per heavy atom. The van der Waals surface area contributed by atoms with Crippen molar-refractivity contribution >= 4 is 6.09 Å². The molecule has 7 heteroatoms. The highest BCUT2D eigenvalue weighted by Crippen LogP contribution is 2.26. The molecule has 140 valence electrons. The topological polar surface area (TPSA) is 68.5 Å². The van der Waals surface area contributed by atoms with E-state index in [-0.39, 0.29) is 17.8 Å². The number of aromatic nitrogens is 2. The highest BCUT2D eigenvalue weighted by molar-refractivity contribution is 5.68. The number of rotatable bonds is 3. The van der Waals surface area contributed by atoms with Gasteiger partial charge in [0.15, 0.2) is 5.82 Å². The number of ether oxygens (including phenoxy) is 1. The fourth-order valence-corrected chi connectivity index (χ4v) is 2.96. The van der Waals surface area contributed by atoms with Crippen LogP contribution < -0.4 is 0 Å². The van der Waals surface area contributed by atoms with Crippen LogP contribution in [0.3, 0.4) is 0 Å². The number of halogens is 1. The zero-order chi connectivity index (χ0) is 18.7. The number of benzene rings is 1. The Morgan fingerprint density at radius 1 is 1.35 bits per heavy atom. The lowest BCUT2D eigenvalue weighted by Gasteiger charge is -2.32. The van der Waals surface area contributed by atoms with Crippen molar-refractivity contribution in [2.24, 2.45) is 0 Å². The van der Waals surface area contributed by atoms with E-state index in [0.29, 0.717) is 31.2 Å². The van der Waals surface area contributed by atoms with Crippen LogP contribution in [0.25, 0.3) is 0 Å². The average Bonchev–Trinajstić information content (AvgIpc) is 3.04. The van der Waals surface area contributed by atoms with Crippen molar-refractivity contribution in [2.45, 2.75) is 51.6 Å². The van der Waals surface area contributed by atoms with Crippen molar-refractivity contribution in [3.63, 3.8) is 0 Å². The van der Waals surface area contributed by atoms with Crippen molar-refractivity contribution in [1.82, 2.24) is 15.0 Å². The summed E-state index contributed by atoms with van der Waals surface area (Å²) in [4.78, 5) is 18.4. The third-order valence-corrected chi connectivity index (χ3v) is 4.19. The van der Waals surface area contributed by atoms with Crippen LogP contribution in [0.5, 0.6) is 0 Å². The molecule has 0 N–H and O–H groups in total. The van der Waals surface area contributed by atoms with Crippen LogP contribution >= 0.6 is 0 Å². The third kappa shape index (κ3) is 4.80. The van der Waals surface area contributed by atoms with Crippen molar-refractivity contribution in [1.29, 1.82) is 0 Å². The molecule has 3 rings (SSSR count). The largest absolute Gasteiger partial charge is 0.444 e. The number of carbonyl (C=O) groups excluding carboxylic acids is 1. The molecule has 2 heterocycles. The van der Waals surface area contributed by atoms with Gasteiger partial charge in [-0.05, 0) is 51.3 Å². The van der Waals surface area contributed by atoms with Gasteiger partial charge in [0.1, 0.15) is 11.4 Å². The predicted molar refractivity (Wildman–Crippen MR) is 93.3 cm³/mol. The Morgan fingerprint density at radius 3 is 2.77 bits per heavy atom. The zero-order valence-corrected chi connectivity index (χ0v) is 15.4. The summed E-state index contributed by atoms with van der Waals surface area (Å²) in [5.74, 6) is 0.850. The summed E-state index contributed by atoms with van der Waals surface area (Å²) in [5, 5.41) is 4.08. The Labute approximate surface area is 152 Å². The lowest BCUT2D eigenvalue weighted by Crippen LogP contribution is -2.42. The van der Waals surface area contributed by atoms with E-state index >= 15 is 0 Å². The molecule has 2 aromatic rings. The van der Waals surface area contributed by atoms with Gasteiger partial charge in [0.2, 0.25) is 5.89 Å². The third-order valence-electron chi connectivity index (χ3n) is 4.19. The van der Waals surface area contributed by atoms with Gasteiger partial charge in [-0.25, -0.2) is 9.18 Å². The van der Waals surface area contributed by atoms with E-state index in [9.17, 15) is 9.18 Å². The molecule has 1 amide bonds. The number of nitrogens with zero attached hydrogens (tertiary/aromatic N) is 3. The molecule has 6 nitrogen and oxygen atoms in total. The first kappa shape index (κ1) is 18.4. The van der Waals surface area contributed by atoms with Crippen LogP contribution in [-0.2, 0) is 11.2 Å². The predicted octanol–water partition coefficient (Wildman–Crippen LogP) is 3.91. The Hall–Kier alpha value is -2.44. The molecule has 1 atom stereocenters. The monoisotopic (exact) mass is 361 g/mol. The van der Waals surface area contributed by atoms with E-state index in [4.69, 9.17) is 9.26 Å². The molecule has 1 fully saturated rings. The fraction of sp³-hybridized carbons (Fsp3) is 0.526. The molecule has 1 aromatic heterocycles. The van der Waals surface area contributed by atoms with E-state index in [1.165, 1.54) is 12.1 Å². The molecule has 0 radical (unpaired) electrons. The standard InChI is InChI=1S/C19H24FN3O3/c1-19(2,3)25-18(24)23-10-4-5-14(12-23)17-21-16(26-22-17)11-13-6-8-15(20)9-7-13/h6-9,14H,4-5,10-12H2,1-3H3/t14-/m0/s1. The highest BCUT2D eigenvalue weighted by atomic mass is 19.1. The van der Waals surface area contributed by atoms with Crippen LogP contribution in [-0.4, -0.2) is 39.8 Å². The smallest absolute Gasteiger partial charge is 0.410 e. The Kier molecular flexibility index (Phi) is 5.25. The average molecular weight is 361 g/mol. The van der Waals surface area contributed by atoms with E-state index in [1.807, 2.05) is 20.8 Å². The van der Waals surface area contributed by atoms with Crippen molar-refractivity contribution in [2.75, 3.05) is 13.1 Å². The molecular weight excluding hydrogens is 337 g/mol. The second-order valence-electron chi connectivity index (χ2n) is 7.62. The first-order valence-corrected chi connectivity index (χ1v) is 8.85. The molecule has 0 aliphatic carbocycles. The van der Waals surface area contributed by atoms with Gasteiger partial charge < -0.3 is 14.2 Å². The second kappa shape index (κ2) is 7.43. The van der Waals surface area contributed by atoms with Gasteiger partial charge in [0.25, 0.3) is 0 Å². The maximum Gasteiger partial charge on any atom is 0.410 e. The van der Waals surface area contributed by atoms with Crippen molar-refractivity contribution < 1.29 is 18.4 Å². The van der Waals surface area contributed by atoms with Crippen LogP contribution in [0.2, 0.25) is 0 Å². The molecule has 26 heavy (non-hydrogen) atoms. The number of hydrogen-bond donors (Lipinski definition) is 0. The number of hydrogen-bond acceptors (Lipinski definition) is 5. The first-order valence-electron chi connectivity index (χ1n) is 8.85. The molecule has 1 aliphatic heterocycles. The summed E-state index contributed by atoms with van der Waals surface area (Å²) in [5.41, 5.74) is 0.388. The zero-order valence-electron chi connectivity index (χ0n) is 15.4. The lowest BCUT2D eigenvalue weighted by molar-refractivity contribution is 0.0195. The van der Waals surface area contributed by atoms with E-state index in [0.717, 1.165) is 18.4 Å². The summed E-state index contributed by atoms with van der Waals surface area (Å²) in [6.45, 7) is 6.75. The number of piperidine rings is 1. The van der Waals surface area contributed by atoms with E-state index < -0.39 is 5.60 Å². The van der Waals surface area contributed by atoms with Crippen LogP contribution in [0, 0.1) is 5.82 Å². The van der Waals surface area contributed by atoms with Gasteiger partial charge in [-0.2, -0.15) is 4.98 Å². The van der Waals surface area contributed by atoms with Gasteiger partial charge in [0.05, 0.1) is 6.42 Å². The Bertz CT molecular complexity index is 752. The van der Waals surface area contributed by atoms with Crippen LogP contribution in [0.15, 0.2) is 28.8 Å². The molecule has 0 spiro atoms. The Balaban J connectivity index is 1.63. The normalized spacial score (nSPS) is 18.0. The molecule has 1 aromatic carbocycles. The van der Waals surface area contributed by atoms with Crippen LogP contribution in [0.1, 0.15) is 56.8 Å². The van der Waals surface area contributed by atoms with Gasteiger partial charge >= 0.3 is 6.09 Å². The van der Waals surface area contributed by atoms with Gasteiger partial charge in [0, 0.05) is 19.0 Å². The summed E-state index contributed by atoms with van der Waals surface area (Å²) in [6.07, 6.45) is 1.91. The summed E-state index contributed by atoms with van der Waals surface area (Å²) in [7, 11) is 0. The maximum atomic E-state index is 13.0. The summed E-state index contributed by atoms with van der Waals surface area (Å²) < 4.78 is 23.8. The number of carbonyl (C=O) groups is 1. The molecule has 0 saturated carbocycles. The van der Waals surface area contributed by atoms with Gasteiger partial charge in [-0.15, -0.1) is 0 Å². The van der Waals surface area contributed by atoms with E-state index in [1.54, 1.807) is 17.0 Å².